The number of hydrogen-bond acceptors (Lipinski definition) is 3. The van der Waals surface area contributed by atoms with E-state index >= 15 is 0 Å². The molecule has 1 saturated carbocycles. The van der Waals surface area contributed by atoms with E-state index in [0.29, 0.717) is 30.9 Å². The summed E-state index contributed by atoms with van der Waals surface area (Å²) in [6.07, 6.45) is -2.21. The Kier molecular flexibility index (Phi) is 6.80. The van der Waals surface area contributed by atoms with Crippen LogP contribution in [0.1, 0.15) is 30.4 Å². The van der Waals surface area contributed by atoms with E-state index < -0.39 is 17.6 Å². The second-order valence-electron chi connectivity index (χ2n) is 6.98. The van der Waals surface area contributed by atoms with E-state index in [1.54, 1.807) is 0 Å². The van der Waals surface area contributed by atoms with Crippen LogP contribution in [-0.2, 0) is 22.3 Å². The van der Waals surface area contributed by atoms with Crippen molar-refractivity contribution < 1.29 is 32.3 Å². The Labute approximate surface area is 154 Å². The molecule has 1 heterocycles. The summed E-state index contributed by atoms with van der Waals surface area (Å²) in [4.78, 5) is 21.8. The number of carboxylic acid groups (broad SMARTS) is 1. The third kappa shape index (κ3) is 5.41. The zero-order chi connectivity index (χ0) is 20.2. The minimum Gasteiger partial charge on any atom is -0.483 e. The minimum absolute atomic E-state index is 0.0772. The molecule has 3 rings (SSSR count). The lowest BCUT2D eigenvalue weighted by Gasteiger charge is -2.25. The van der Waals surface area contributed by atoms with E-state index in [-0.39, 0.29) is 30.5 Å². The summed E-state index contributed by atoms with van der Waals surface area (Å²) in [5, 5.41) is 9.76. The first kappa shape index (κ1) is 21.1. The number of rotatable bonds is 3. The maximum atomic E-state index is 14.0. The van der Waals surface area contributed by atoms with Crippen molar-refractivity contribution in [2.45, 2.75) is 38.0 Å². The Morgan fingerprint density at radius 3 is 2.52 bits per heavy atom. The SMILES string of the molecule is CN(Cc1ccc(C(F)(F)F)cc1F)[C@H]1C[C@H]2CNC(=O)C[C@H]2C1.O=CO. The van der Waals surface area contributed by atoms with Crippen LogP contribution < -0.4 is 5.32 Å². The number of fused-ring (bicyclic) bond motifs is 1. The third-order valence-corrected chi connectivity index (χ3v) is 5.25. The quantitative estimate of drug-likeness (QED) is 0.615. The van der Waals surface area contributed by atoms with Crippen molar-refractivity contribution in [3.63, 3.8) is 0 Å². The number of alkyl halides is 3. The average molecular weight is 390 g/mol. The van der Waals surface area contributed by atoms with E-state index in [0.717, 1.165) is 18.9 Å². The largest absolute Gasteiger partial charge is 0.483 e. The van der Waals surface area contributed by atoms with Crippen LogP contribution in [0.15, 0.2) is 18.2 Å². The molecule has 2 fully saturated rings. The van der Waals surface area contributed by atoms with Gasteiger partial charge in [-0.2, -0.15) is 13.2 Å². The fraction of sp³-hybridized carbons (Fsp3) is 0.556. The third-order valence-electron chi connectivity index (χ3n) is 5.25. The van der Waals surface area contributed by atoms with Crippen LogP contribution in [0.3, 0.4) is 0 Å². The molecule has 0 unspecified atom stereocenters. The van der Waals surface area contributed by atoms with Gasteiger partial charge in [-0.15, -0.1) is 0 Å². The molecule has 1 saturated heterocycles. The van der Waals surface area contributed by atoms with Gasteiger partial charge < -0.3 is 10.4 Å². The summed E-state index contributed by atoms with van der Waals surface area (Å²) in [6, 6.07) is 2.90. The first-order chi connectivity index (χ1) is 12.7. The van der Waals surface area contributed by atoms with Crippen molar-refractivity contribution in [2.75, 3.05) is 13.6 Å². The van der Waals surface area contributed by atoms with Gasteiger partial charge in [-0.3, -0.25) is 14.5 Å². The molecule has 0 spiro atoms. The molecule has 2 aliphatic rings. The zero-order valence-corrected chi connectivity index (χ0v) is 14.8. The molecular formula is C18H22F4N2O3. The van der Waals surface area contributed by atoms with Gasteiger partial charge in [0.2, 0.25) is 5.91 Å². The van der Waals surface area contributed by atoms with Crippen molar-refractivity contribution in [1.29, 1.82) is 0 Å². The fourth-order valence-electron chi connectivity index (χ4n) is 3.84. The highest BCUT2D eigenvalue weighted by Crippen LogP contribution is 2.38. The molecule has 1 amide bonds. The standard InChI is InChI=1S/C17H20F4N2O.CH2O2/c1-23(14-4-11-6-16(24)22-8-12(11)5-14)9-10-2-3-13(7-15(10)18)17(19,20)21;2-1-3/h2-3,7,11-12,14H,4-6,8-9H2,1H3,(H,22,24);1H,(H,2,3)/t11-,12+,14-;/m1./s1. The lowest BCUT2D eigenvalue weighted by molar-refractivity contribution is -0.137. The molecule has 1 aliphatic carbocycles. The number of nitrogens with zero attached hydrogens (tertiary/aromatic N) is 1. The summed E-state index contributed by atoms with van der Waals surface area (Å²) in [5.74, 6) is 0.0357. The Balaban J connectivity index is 0.000000817. The normalized spacial score (nSPS) is 24.7. The van der Waals surface area contributed by atoms with Crippen molar-refractivity contribution in [3.8, 4) is 0 Å². The summed E-state index contributed by atoms with van der Waals surface area (Å²) in [7, 11) is 1.86. The summed E-state index contributed by atoms with van der Waals surface area (Å²) >= 11 is 0. The Hall–Kier alpha value is -2.16. The van der Waals surface area contributed by atoms with Gasteiger partial charge in [0.1, 0.15) is 5.82 Å². The van der Waals surface area contributed by atoms with Gasteiger partial charge in [-0.1, -0.05) is 6.07 Å². The van der Waals surface area contributed by atoms with Crippen LogP contribution in [0.25, 0.3) is 0 Å². The number of hydrogen-bond donors (Lipinski definition) is 2. The Morgan fingerprint density at radius 1 is 1.30 bits per heavy atom. The van der Waals surface area contributed by atoms with E-state index in [2.05, 4.69) is 5.32 Å². The highest BCUT2D eigenvalue weighted by molar-refractivity contribution is 5.77. The molecule has 2 N–H and O–H groups in total. The predicted octanol–water partition coefficient (Wildman–Crippen LogP) is 2.89. The monoisotopic (exact) mass is 390 g/mol. The molecule has 9 heteroatoms. The molecule has 5 nitrogen and oxygen atoms in total. The van der Waals surface area contributed by atoms with Gasteiger partial charge in [0.15, 0.2) is 0 Å². The van der Waals surface area contributed by atoms with Crippen molar-refractivity contribution in [1.82, 2.24) is 10.2 Å². The molecule has 0 radical (unpaired) electrons. The predicted molar refractivity (Wildman–Crippen MR) is 89.2 cm³/mol. The Morgan fingerprint density at radius 2 is 1.93 bits per heavy atom. The van der Waals surface area contributed by atoms with Gasteiger partial charge in [-0.25, -0.2) is 4.39 Å². The molecule has 27 heavy (non-hydrogen) atoms. The lowest BCUT2D eigenvalue weighted by Crippen LogP contribution is -2.38. The number of amides is 1. The first-order valence-corrected chi connectivity index (χ1v) is 8.56. The number of benzene rings is 1. The second-order valence-corrected chi connectivity index (χ2v) is 6.98. The van der Waals surface area contributed by atoms with Gasteiger partial charge >= 0.3 is 6.18 Å². The van der Waals surface area contributed by atoms with Gasteiger partial charge in [0.05, 0.1) is 5.56 Å². The fourth-order valence-corrected chi connectivity index (χ4v) is 3.84. The smallest absolute Gasteiger partial charge is 0.416 e. The molecule has 1 aromatic carbocycles. The van der Waals surface area contributed by atoms with Gasteiger partial charge in [0.25, 0.3) is 6.47 Å². The molecule has 0 bridgehead atoms. The van der Waals surface area contributed by atoms with Crippen molar-refractivity contribution in [3.05, 3.63) is 35.1 Å². The number of carbonyl (C=O) groups is 2. The molecule has 3 atom stereocenters. The number of nitrogens with one attached hydrogen (secondary N) is 1. The highest BCUT2D eigenvalue weighted by atomic mass is 19.4. The number of carbonyl (C=O) groups excluding carboxylic acids is 1. The van der Waals surface area contributed by atoms with E-state index in [1.165, 1.54) is 6.07 Å². The summed E-state index contributed by atoms with van der Waals surface area (Å²) in [5.41, 5.74) is -0.711. The maximum Gasteiger partial charge on any atom is 0.416 e. The van der Waals surface area contributed by atoms with Crippen LogP contribution >= 0.6 is 0 Å². The van der Waals surface area contributed by atoms with Crippen LogP contribution in [0.4, 0.5) is 17.6 Å². The summed E-state index contributed by atoms with van der Waals surface area (Å²) in [6.45, 7) is 0.692. The molecule has 1 aromatic rings. The Bertz CT molecular complexity index is 681. The number of halogens is 4. The first-order valence-electron chi connectivity index (χ1n) is 8.56. The van der Waals surface area contributed by atoms with E-state index in [9.17, 15) is 22.4 Å². The molecular weight excluding hydrogens is 368 g/mol. The van der Waals surface area contributed by atoms with Crippen molar-refractivity contribution >= 4 is 12.4 Å². The number of piperidine rings is 1. The average Bonchev–Trinajstić information content (AvgIpc) is 2.99. The van der Waals surface area contributed by atoms with Crippen LogP contribution in [0.2, 0.25) is 0 Å². The minimum atomic E-state index is -4.54. The topological polar surface area (TPSA) is 69.6 Å². The zero-order valence-electron chi connectivity index (χ0n) is 14.8. The molecule has 1 aliphatic heterocycles. The van der Waals surface area contributed by atoms with Crippen LogP contribution in [0, 0.1) is 17.7 Å². The van der Waals surface area contributed by atoms with Crippen LogP contribution in [-0.4, -0.2) is 42.0 Å². The van der Waals surface area contributed by atoms with Crippen LogP contribution in [0.5, 0.6) is 0 Å². The summed E-state index contributed by atoms with van der Waals surface area (Å²) < 4.78 is 51.8. The van der Waals surface area contributed by atoms with Gasteiger partial charge in [-0.05, 0) is 43.9 Å². The molecule has 0 aromatic heterocycles. The van der Waals surface area contributed by atoms with E-state index in [4.69, 9.17) is 9.90 Å². The highest BCUT2D eigenvalue weighted by Gasteiger charge is 2.39. The maximum absolute atomic E-state index is 14.0. The van der Waals surface area contributed by atoms with E-state index in [1.807, 2.05) is 11.9 Å². The van der Waals surface area contributed by atoms with Gasteiger partial charge in [0, 0.05) is 31.1 Å². The lowest BCUT2D eigenvalue weighted by atomic mass is 9.89. The molecule has 150 valence electrons. The van der Waals surface area contributed by atoms with Crippen molar-refractivity contribution in [2.24, 2.45) is 11.8 Å². The second kappa shape index (κ2) is 8.69.